The van der Waals surface area contributed by atoms with Crippen LogP contribution in [0, 0.1) is 6.92 Å². The molecule has 1 aliphatic heterocycles. The van der Waals surface area contributed by atoms with Crippen LogP contribution in [0.25, 0.3) is 5.69 Å². The third-order valence-electron chi connectivity index (χ3n) is 6.03. The van der Waals surface area contributed by atoms with Crippen molar-refractivity contribution in [3.05, 3.63) is 114 Å². The lowest BCUT2D eigenvalue weighted by atomic mass is 10.0. The van der Waals surface area contributed by atoms with Crippen molar-refractivity contribution in [3.8, 4) is 5.69 Å². The standard InChI is InChI=1S/C27H25N5OS/c1-19-10-5-6-14-22(19)31-17-9-15-23(31)26-25(21-13-7-8-16-28-21)30-27(34)32(26)18-24(33)29-20-11-3-2-4-12-20/h2-17,25-26H,18H2,1H3,(H,29,33)(H,30,34). The topological polar surface area (TPSA) is 62.2 Å². The Labute approximate surface area is 204 Å². The molecule has 0 bridgehead atoms. The molecule has 5 rings (SSSR count). The second kappa shape index (κ2) is 9.49. The number of carbonyl (C=O) groups is 1. The molecule has 0 saturated carbocycles. The van der Waals surface area contributed by atoms with Crippen molar-refractivity contribution in [1.82, 2.24) is 19.8 Å². The Kier molecular flexibility index (Phi) is 6.10. The van der Waals surface area contributed by atoms with E-state index in [9.17, 15) is 4.79 Å². The van der Waals surface area contributed by atoms with Gasteiger partial charge in [-0.1, -0.05) is 42.5 Å². The molecule has 0 aliphatic carbocycles. The molecule has 4 aromatic rings. The maximum absolute atomic E-state index is 13.0. The normalized spacial score (nSPS) is 17.4. The molecule has 1 saturated heterocycles. The van der Waals surface area contributed by atoms with Gasteiger partial charge in [-0.15, -0.1) is 0 Å². The molecule has 2 aromatic heterocycles. The highest BCUT2D eigenvalue weighted by molar-refractivity contribution is 7.80. The van der Waals surface area contributed by atoms with E-state index in [0.717, 1.165) is 28.3 Å². The molecule has 2 atom stereocenters. The van der Waals surface area contributed by atoms with Gasteiger partial charge < -0.3 is 20.1 Å². The summed E-state index contributed by atoms with van der Waals surface area (Å²) in [6.07, 6.45) is 3.83. The van der Waals surface area contributed by atoms with Crippen LogP contribution in [0.2, 0.25) is 0 Å². The molecule has 0 spiro atoms. The molecule has 1 fully saturated rings. The third kappa shape index (κ3) is 4.30. The van der Waals surface area contributed by atoms with Gasteiger partial charge in [0.05, 0.1) is 17.8 Å². The Hall–Kier alpha value is -3.97. The minimum Gasteiger partial charge on any atom is -0.352 e. The molecule has 1 amide bonds. The molecule has 0 radical (unpaired) electrons. The van der Waals surface area contributed by atoms with Crippen molar-refractivity contribution in [2.45, 2.75) is 19.0 Å². The van der Waals surface area contributed by atoms with Crippen LogP contribution in [-0.4, -0.2) is 32.0 Å². The van der Waals surface area contributed by atoms with Gasteiger partial charge in [0.1, 0.15) is 6.54 Å². The first-order valence-electron chi connectivity index (χ1n) is 11.2. The van der Waals surface area contributed by atoms with Crippen LogP contribution in [0.1, 0.15) is 29.0 Å². The SMILES string of the molecule is Cc1ccccc1-n1cccc1C1C(c2ccccn2)NC(=S)N1CC(=O)Nc1ccccc1. The molecule has 7 heteroatoms. The number of aryl methyl sites for hydroxylation is 1. The molecule has 6 nitrogen and oxygen atoms in total. The Balaban J connectivity index is 1.53. The summed E-state index contributed by atoms with van der Waals surface area (Å²) in [5, 5.41) is 6.93. The predicted molar refractivity (Wildman–Crippen MR) is 138 cm³/mol. The first-order valence-corrected chi connectivity index (χ1v) is 11.6. The minimum absolute atomic E-state index is 0.119. The maximum Gasteiger partial charge on any atom is 0.244 e. The molecular weight excluding hydrogens is 442 g/mol. The molecule has 34 heavy (non-hydrogen) atoms. The minimum atomic E-state index is -0.224. The summed E-state index contributed by atoms with van der Waals surface area (Å²) in [6, 6.07) is 27.3. The van der Waals surface area contributed by atoms with Crippen molar-refractivity contribution in [2.75, 3.05) is 11.9 Å². The quantitative estimate of drug-likeness (QED) is 0.399. The Bertz CT molecular complexity index is 1300. The molecule has 2 unspecified atom stereocenters. The first-order chi connectivity index (χ1) is 16.6. The average Bonchev–Trinajstić information content (AvgIpc) is 3.45. The van der Waals surface area contributed by atoms with Gasteiger partial charge in [-0.25, -0.2) is 0 Å². The van der Waals surface area contributed by atoms with Crippen molar-refractivity contribution < 1.29 is 4.79 Å². The van der Waals surface area contributed by atoms with Crippen LogP contribution >= 0.6 is 12.2 Å². The van der Waals surface area contributed by atoms with Gasteiger partial charge in [0.2, 0.25) is 5.91 Å². The van der Waals surface area contributed by atoms with E-state index in [0.29, 0.717) is 5.11 Å². The Morgan fingerprint density at radius 3 is 2.53 bits per heavy atom. The van der Waals surface area contributed by atoms with E-state index in [-0.39, 0.29) is 24.5 Å². The maximum atomic E-state index is 13.0. The summed E-state index contributed by atoms with van der Waals surface area (Å²) >= 11 is 5.74. The van der Waals surface area contributed by atoms with Crippen molar-refractivity contribution >= 4 is 28.9 Å². The van der Waals surface area contributed by atoms with Crippen LogP contribution in [0.3, 0.4) is 0 Å². The number of hydrogen-bond donors (Lipinski definition) is 2. The number of amides is 1. The lowest BCUT2D eigenvalue weighted by Gasteiger charge is -2.28. The zero-order chi connectivity index (χ0) is 23.5. The summed E-state index contributed by atoms with van der Waals surface area (Å²) in [5.74, 6) is -0.129. The second-order valence-corrected chi connectivity index (χ2v) is 8.64. The van der Waals surface area contributed by atoms with Gasteiger partial charge in [0.25, 0.3) is 0 Å². The predicted octanol–water partition coefficient (Wildman–Crippen LogP) is 4.79. The largest absolute Gasteiger partial charge is 0.352 e. The molecule has 2 N–H and O–H groups in total. The van der Waals surface area contributed by atoms with E-state index in [4.69, 9.17) is 12.2 Å². The number of hydrogen-bond acceptors (Lipinski definition) is 3. The summed E-state index contributed by atoms with van der Waals surface area (Å²) in [4.78, 5) is 19.6. The van der Waals surface area contributed by atoms with Crippen molar-refractivity contribution in [1.29, 1.82) is 0 Å². The number of para-hydroxylation sites is 2. The van der Waals surface area contributed by atoms with Gasteiger partial charge in [0, 0.05) is 29.5 Å². The van der Waals surface area contributed by atoms with E-state index < -0.39 is 0 Å². The van der Waals surface area contributed by atoms with Gasteiger partial charge in [-0.05, 0) is 67.2 Å². The molecule has 3 heterocycles. The number of aromatic nitrogens is 2. The van der Waals surface area contributed by atoms with Crippen LogP contribution in [0.5, 0.6) is 0 Å². The highest BCUT2D eigenvalue weighted by Gasteiger charge is 2.42. The average molecular weight is 468 g/mol. The van der Waals surface area contributed by atoms with Crippen LogP contribution in [0.15, 0.2) is 97.3 Å². The summed E-state index contributed by atoms with van der Waals surface area (Å²) in [7, 11) is 0. The van der Waals surface area contributed by atoms with Gasteiger partial charge in [-0.2, -0.15) is 0 Å². The summed E-state index contributed by atoms with van der Waals surface area (Å²) in [6.45, 7) is 2.21. The van der Waals surface area contributed by atoms with Crippen molar-refractivity contribution in [2.24, 2.45) is 0 Å². The fourth-order valence-corrected chi connectivity index (χ4v) is 4.77. The number of pyridine rings is 1. The fourth-order valence-electron chi connectivity index (χ4n) is 4.46. The zero-order valence-electron chi connectivity index (χ0n) is 18.8. The lowest BCUT2D eigenvalue weighted by molar-refractivity contribution is -0.116. The zero-order valence-corrected chi connectivity index (χ0v) is 19.6. The van der Waals surface area contributed by atoms with E-state index in [1.165, 1.54) is 0 Å². The number of nitrogens with zero attached hydrogens (tertiary/aromatic N) is 3. The summed E-state index contributed by atoms with van der Waals surface area (Å²) < 4.78 is 2.17. The van der Waals surface area contributed by atoms with Gasteiger partial charge >= 0.3 is 0 Å². The van der Waals surface area contributed by atoms with Gasteiger partial charge in [0.15, 0.2) is 5.11 Å². The number of benzene rings is 2. The van der Waals surface area contributed by atoms with Crippen LogP contribution in [0.4, 0.5) is 5.69 Å². The van der Waals surface area contributed by atoms with E-state index in [2.05, 4.69) is 51.5 Å². The smallest absolute Gasteiger partial charge is 0.244 e. The first kappa shape index (κ1) is 21.9. The number of nitrogens with one attached hydrogen (secondary N) is 2. The third-order valence-corrected chi connectivity index (χ3v) is 6.38. The van der Waals surface area contributed by atoms with E-state index in [1.807, 2.05) is 71.6 Å². The second-order valence-electron chi connectivity index (χ2n) is 8.26. The highest BCUT2D eigenvalue weighted by atomic mass is 32.1. The van der Waals surface area contributed by atoms with Crippen LogP contribution in [-0.2, 0) is 4.79 Å². The van der Waals surface area contributed by atoms with E-state index >= 15 is 0 Å². The molecule has 1 aliphatic rings. The number of anilines is 1. The van der Waals surface area contributed by atoms with Gasteiger partial charge in [-0.3, -0.25) is 9.78 Å². The Morgan fingerprint density at radius 1 is 1.00 bits per heavy atom. The Morgan fingerprint density at radius 2 is 1.76 bits per heavy atom. The van der Waals surface area contributed by atoms with E-state index in [1.54, 1.807) is 6.20 Å². The molecule has 170 valence electrons. The molecule has 2 aromatic carbocycles. The fraction of sp³-hybridized carbons (Fsp3) is 0.148. The summed E-state index contributed by atoms with van der Waals surface area (Å²) in [5.41, 5.74) is 4.92. The monoisotopic (exact) mass is 467 g/mol. The van der Waals surface area contributed by atoms with Crippen LogP contribution < -0.4 is 10.6 Å². The lowest BCUT2D eigenvalue weighted by Crippen LogP contribution is -2.37. The number of rotatable bonds is 6. The number of carbonyl (C=O) groups excluding carboxylic acids is 1. The highest BCUT2D eigenvalue weighted by Crippen LogP contribution is 2.39. The van der Waals surface area contributed by atoms with Crippen molar-refractivity contribution in [3.63, 3.8) is 0 Å². The molecular formula is C27H25N5OS. The number of thiocarbonyl (C=S) groups is 1.